The zero-order chi connectivity index (χ0) is 21.4. The van der Waals surface area contributed by atoms with Crippen molar-refractivity contribution in [1.29, 1.82) is 0 Å². The third-order valence-electron chi connectivity index (χ3n) is 6.11. The number of hydrogen-bond donors (Lipinski definition) is 2. The van der Waals surface area contributed by atoms with Gasteiger partial charge in [-0.15, -0.1) is 0 Å². The van der Waals surface area contributed by atoms with Gasteiger partial charge in [0.1, 0.15) is 5.66 Å². The molecule has 2 aromatic carbocycles. The third kappa shape index (κ3) is 3.43. The van der Waals surface area contributed by atoms with E-state index in [1.807, 2.05) is 53.4 Å². The number of nitrogens with two attached hydrogens (primary N) is 2. The predicted molar refractivity (Wildman–Crippen MR) is 123 cm³/mol. The first-order chi connectivity index (χ1) is 15.1. The molecule has 0 atom stereocenters. The SMILES string of the molecule is NC1=NC2(CCCCC2)N(c2ccc3ncn(Cc4ccccc4)c(=O)c3c2)C(N)=N1. The van der Waals surface area contributed by atoms with Gasteiger partial charge in [0, 0.05) is 5.69 Å². The lowest BCUT2D eigenvalue weighted by Gasteiger charge is -2.45. The maximum atomic E-state index is 13.3. The maximum Gasteiger partial charge on any atom is 0.261 e. The molecule has 5 rings (SSSR count). The number of nitrogens with zero attached hydrogens (tertiary/aromatic N) is 5. The molecule has 2 heterocycles. The van der Waals surface area contributed by atoms with E-state index in [1.165, 1.54) is 0 Å². The fourth-order valence-electron chi connectivity index (χ4n) is 4.67. The lowest BCUT2D eigenvalue weighted by Crippen LogP contribution is -2.58. The number of fused-ring (bicyclic) bond motifs is 1. The first-order valence-corrected chi connectivity index (χ1v) is 10.6. The van der Waals surface area contributed by atoms with Crippen molar-refractivity contribution in [2.75, 3.05) is 4.90 Å². The van der Waals surface area contributed by atoms with Gasteiger partial charge in [-0.05, 0) is 49.4 Å². The van der Waals surface area contributed by atoms with Crippen LogP contribution in [0.25, 0.3) is 10.9 Å². The molecule has 1 aliphatic carbocycles. The first-order valence-electron chi connectivity index (χ1n) is 10.6. The molecule has 0 amide bonds. The normalized spacial score (nSPS) is 18.1. The van der Waals surface area contributed by atoms with E-state index in [9.17, 15) is 4.79 Å². The van der Waals surface area contributed by atoms with E-state index in [0.29, 0.717) is 23.4 Å². The Hall–Kier alpha value is -3.68. The van der Waals surface area contributed by atoms with Crippen molar-refractivity contribution >= 4 is 28.5 Å². The standard InChI is InChI=1S/C23H25N7O/c24-21-27-22(25)30(23(28-21)11-5-2-6-12-23)17-9-10-19-18(13-17)20(31)29(15-26-19)14-16-7-3-1-4-8-16/h1,3-4,7-10,13,15H,2,5-6,11-12,14H2,(H4,24,25,27,28). The Bertz CT molecular complexity index is 1240. The van der Waals surface area contributed by atoms with Crippen LogP contribution >= 0.6 is 0 Å². The van der Waals surface area contributed by atoms with E-state index in [2.05, 4.69) is 9.98 Å². The van der Waals surface area contributed by atoms with Gasteiger partial charge < -0.3 is 11.5 Å². The second-order valence-corrected chi connectivity index (χ2v) is 8.18. The molecular formula is C23H25N7O. The molecule has 1 aliphatic heterocycles. The highest BCUT2D eigenvalue weighted by atomic mass is 16.1. The molecule has 0 saturated heterocycles. The lowest BCUT2D eigenvalue weighted by molar-refractivity contribution is 0.305. The van der Waals surface area contributed by atoms with Gasteiger partial charge in [0.25, 0.3) is 5.56 Å². The number of anilines is 1. The Morgan fingerprint density at radius 1 is 1.00 bits per heavy atom. The summed E-state index contributed by atoms with van der Waals surface area (Å²) >= 11 is 0. The van der Waals surface area contributed by atoms with Crippen molar-refractivity contribution in [3.8, 4) is 0 Å². The molecule has 0 bridgehead atoms. The number of aromatic nitrogens is 2. The summed E-state index contributed by atoms with van der Waals surface area (Å²) in [7, 11) is 0. The summed E-state index contributed by atoms with van der Waals surface area (Å²) in [5.41, 5.74) is 14.1. The van der Waals surface area contributed by atoms with E-state index >= 15 is 0 Å². The van der Waals surface area contributed by atoms with Gasteiger partial charge in [0.15, 0.2) is 0 Å². The van der Waals surface area contributed by atoms with Gasteiger partial charge in [0.05, 0.1) is 23.8 Å². The summed E-state index contributed by atoms with van der Waals surface area (Å²) in [5.74, 6) is 0.519. The molecule has 2 aliphatic rings. The predicted octanol–water partition coefficient (Wildman–Crippen LogP) is 2.55. The minimum Gasteiger partial charge on any atom is -0.369 e. The lowest BCUT2D eigenvalue weighted by atomic mass is 9.87. The zero-order valence-corrected chi connectivity index (χ0v) is 17.2. The Balaban J connectivity index is 1.59. The molecule has 158 valence electrons. The van der Waals surface area contributed by atoms with E-state index in [1.54, 1.807) is 10.9 Å². The van der Waals surface area contributed by atoms with Crippen molar-refractivity contribution in [3.05, 3.63) is 70.8 Å². The average molecular weight is 416 g/mol. The molecule has 1 saturated carbocycles. The number of guanidine groups is 2. The molecule has 31 heavy (non-hydrogen) atoms. The number of aliphatic imine (C=N–C) groups is 2. The van der Waals surface area contributed by atoms with Crippen LogP contribution in [-0.2, 0) is 6.54 Å². The third-order valence-corrected chi connectivity index (χ3v) is 6.11. The van der Waals surface area contributed by atoms with Crippen LogP contribution < -0.4 is 21.9 Å². The largest absolute Gasteiger partial charge is 0.369 e. The van der Waals surface area contributed by atoms with Crippen molar-refractivity contribution in [2.45, 2.75) is 44.3 Å². The van der Waals surface area contributed by atoms with Gasteiger partial charge >= 0.3 is 0 Å². The summed E-state index contributed by atoms with van der Waals surface area (Å²) in [5, 5.41) is 0.539. The molecule has 3 aromatic rings. The Morgan fingerprint density at radius 2 is 1.77 bits per heavy atom. The highest BCUT2D eigenvalue weighted by Gasteiger charge is 2.42. The number of benzene rings is 2. The van der Waals surface area contributed by atoms with Crippen molar-refractivity contribution in [2.24, 2.45) is 21.5 Å². The van der Waals surface area contributed by atoms with Crippen molar-refractivity contribution < 1.29 is 0 Å². The van der Waals surface area contributed by atoms with Gasteiger partial charge in [-0.2, -0.15) is 4.99 Å². The Kier molecular flexibility index (Phi) is 4.69. The fraction of sp³-hybridized carbons (Fsp3) is 0.304. The summed E-state index contributed by atoms with van der Waals surface area (Å²) in [6.45, 7) is 0.463. The highest BCUT2D eigenvalue weighted by Crippen LogP contribution is 2.39. The van der Waals surface area contributed by atoms with Gasteiger partial charge in [0.2, 0.25) is 11.9 Å². The van der Waals surface area contributed by atoms with Crippen LogP contribution in [0, 0.1) is 0 Å². The molecule has 8 heteroatoms. The van der Waals surface area contributed by atoms with E-state index in [-0.39, 0.29) is 11.5 Å². The molecule has 1 spiro atoms. The van der Waals surface area contributed by atoms with Crippen LogP contribution in [0.15, 0.2) is 69.6 Å². The van der Waals surface area contributed by atoms with E-state index in [4.69, 9.17) is 16.5 Å². The smallest absolute Gasteiger partial charge is 0.261 e. The van der Waals surface area contributed by atoms with Crippen LogP contribution in [0.1, 0.15) is 37.7 Å². The summed E-state index contributed by atoms with van der Waals surface area (Å²) < 4.78 is 1.63. The minimum atomic E-state index is -0.549. The quantitative estimate of drug-likeness (QED) is 0.682. The van der Waals surface area contributed by atoms with Crippen LogP contribution in [0.3, 0.4) is 0 Å². The Morgan fingerprint density at radius 3 is 2.55 bits per heavy atom. The van der Waals surface area contributed by atoms with Crippen molar-refractivity contribution in [1.82, 2.24) is 9.55 Å². The zero-order valence-electron chi connectivity index (χ0n) is 17.2. The van der Waals surface area contributed by atoms with Crippen LogP contribution in [0.5, 0.6) is 0 Å². The van der Waals surface area contributed by atoms with Crippen LogP contribution in [0.4, 0.5) is 5.69 Å². The molecule has 1 aromatic heterocycles. The summed E-state index contributed by atoms with van der Waals surface area (Å²) in [6.07, 6.45) is 6.52. The van der Waals surface area contributed by atoms with Gasteiger partial charge in [-0.25, -0.2) is 9.98 Å². The first kappa shape index (κ1) is 19.3. The van der Waals surface area contributed by atoms with E-state index < -0.39 is 5.66 Å². The minimum absolute atomic E-state index is 0.0936. The topological polar surface area (TPSA) is 115 Å². The molecule has 0 unspecified atom stereocenters. The number of rotatable bonds is 3. The summed E-state index contributed by atoms with van der Waals surface area (Å²) in [4.78, 5) is 28.6. The van der Waals surface area contributed by atoms with E-state index in [0.717, 1.165) is 43.4 Å². The second kappa shape index (κ2) is 7.54. The molecule has 8 nitrogen and oxygen atoms in total. The second-order valence-electron chi connectivity index (χ2n) is 8.18. The average Bonchev–Trinajstić information content (AvgIpc) is 2.77. The highest BCUT2D eigenvalue weighted by molar-refractivity contribution is 6.06. The van der Waals surface area contributed by atoms with Crippen LogP contribution in [0.2, 0.25) is 0 Å². The number of hydrogen-bond acceptors (Lipinski definition) is 7. The van der Waals surface area contributed by atoms with Gasteiger partial charge in [-0.1, -0.05) is 36.8 Å². The molecule has 1 fully saturated rings. The monoisotopic (exact) mass is 415 g/mol. The van der Waals surface area contributed by atoms with Crippen LogP contribution in [-0.4, -0.2) is 27.1 Å². The summed E-state index contributed by atoms with van der Waals surface area (Å²) in [6, 6.07) is 15.5. The Labute approximate surface area is 179 Å². The molecule has 4 N–H and O–H groups in total. The maximum absolute atomic E-state index is 13.3. The molecular weight excluding hydrogens is 390 g/mol. The van der Waals surface area contributed by atoms with Gasteiger partial charge in [-0.3, -0.25) is 14.3 Å². The van der Waals surface area contributed by atoms with Crippen molar-refractivity contribution in [3.63, 3.8) is 0 Å². The fourth-order valence-corrected chi connectivity index (χ4v) is 4.67. The molecule has 0 radical (unpaired) electrons.